The average molecular weight is 503 g/mol. The molecule has 0 spiro atoms. The first kappa shape index (κ1) is 27.1. The normalized spacial score (nSPS) is 14.0. The van der Waals surface area contributed by atoms with Crippen LogP contribution >= 0.6 is 0 Å². The van der Waals surface area contributed by atoms with E-state index in [0.717, 1.165) is 24.5 Å². The Morgan fingerprint density at radius 2 is 1.85 bits per heavy atom. The minimum absolute atomic E-state index is 0.00249. The molecule has 0 aliphatic carbocycles. The van der Waals surface area contributed by atoms with Gasteiger partial charge in [0.05, 0.1) is 18.0 Å². The summed E-state index contributed by atoms with van der Waals surface area (Å²) >= 11 is 0. The lowest BCUT2D eigenvalue weighted by atomic mass is 10.1. The van der Waals surface area contributed by atoms with Gasteiger partial charge in [0.2, 0.25) is 15.9 Å². The SMILES string of the molecule is CCC(C)Nc1nc(C(F)(F)F)ccc1C=CC(=O)NC(C)c1ccc(NS(C)(=O)=O)c(F)c1. The summed E-state index contributed by atoms with van der Waals surface area (Å²) in [4.78, 5) is 16.0. The van der Waals surface area contributed by atoms with Crippen LogP contribution in [0.1, 0.15) is 50.1 Å². The summed E-state index contributed by atoms with van der Waals surface area (Å²) in [5.74, 6) is -1.38. The standard InChI is InChI=1S/C22H26F4N4O3S/c1-5-13(2)27-21-15(7-10-19(29-21)22(24,25)26)8-11-20(31)28-14(3)16-6-9-18(17(23)12-16)30-34(4,32)33/h6-14,30H,5H2,1-4H3,(H,27,29)(H,28,31). The molecule has 0 aliphatic heterocycles. The molecule has 186 valence electrons. The quantitative estimate of drug-likeness (QED) is 0.341. The smallest absolute Gasteiger partial charge is 0.367 e. The second-order valence-electron chi connectivity index (χ2n) is 7.76. The Balaban J connectivity index is 2.17. The number of pyridine rings is 1. The molecular formula is C22H26F4N4O3S. The first-order valence-electron chi connectivity index (χ1n) is 10.3. The number of benzene rings is 1. The van der Waals surface area contributed by atoms with Gasteiger partial charge in [-0.3, -0.25) is 9.52 Å². The topological polar surface area (TPSA) is 100 Å². The van der Waals surface area contributed by atoms with Gasteiger partial charge >= 0.3 is 6.18 Å². The first-order chi connectivity index (χ1) is 15.7. The van der Waals surface area contributed by atoms with Crippen molar-refractivity contribution >= 4 is 33.5 Å². The van der Waals surface area contributed by atoms with Crippen LogP contribution in [0.15, 0.2) is 36.4 Å². The lowest BCUT2D eigenvalue weighted by Crippen LogP contribution is -2.25. The fourth-order valence-corrected chi connectivity index (χ4v) is 3.37. The molecule has 1 aromatic carbocycles. The van der Waals surface area contributed by atoms with E-state index >= 15 is 0 Å². The third kappa shape index (κ3) is 8.01. The largest absolute Gasteiger partial charge is 0.433 e. The van der Waals surface area contributed by atoms with Gasteiger partial charge in [-0.2, -0.15) is 13.2 Å². The van der Waals surface area contributed by atoms with Gasteiger partial charge in [0, 0.05) is 17.7 Å². The van der Waals surface area contributed by atoms with Gasteiger partial charge in [-0.05, 0) is 56.2 Å². The number of nitrogens with zero attached hydrogens (tertiary/aromatic N) is 1. The molecule has 1 heterocycles. The lowest BCUT2D eigenvalue weighted by molar-refractivity contribution is -0.141. The first-order valence-corrected chi connectivity index (χ1v) is 12.2. The number of nitrogens with one attached hydrogen (secondary N) is 3. The molecule has 7 nitrogen and oxygen atoms in total. The molecule has 2 unspecified atom stereocenters. The fourth-order valence-electron chi connectivity index (χ4n) is 2.81. The van der Waals surface area contributed by atoms with Gasteiger partial charge in [-0.25, -0.2) is 17.8 Å². The van der Waals surface area contributed by atoms with Crippen LogP contribution in [0.4, 0.5) is 29.1 Å². The van der Waals surface area contributed by atoms with E-state index in [9.17, 15) is 30.8 Å². The molecule has 12 heteroatoms. The highest BCUT2D eigenvalue weighted by Gasteiger charge is 2.33. The molecule has 0 bridgehead atoms. The maximum absolute atomic E-state index is 14.2. The summed E-state index contributed by atoms with van der Waals surface area (Å²) in [6.45, 7) is 5.25. The van der Waals surface area contributed by atoms with Crippen LogP contribution in [0, 0.1) is 5.82 Å². The van der Waals surface area contributed by atoms with Gasteiger partial charge in [-0.15, -0.1) is 0 Å². The van der Waals surface area contributed by atoms with Crippen LogP contribution in [0.25, 0.3) is 6.08 Å². The maximum Gasteiger partial charge on any atom is 0.433 e. The lowest BCUT2D eigenvalue weighted by Gasteiger charge is -2.17. The number of sulfonamides is 1. The van der Waals surface area contributed by atoms with Crippen LogP contribution in [-0.2, 0) is 21.0 Å². The van der Waals surface area contributed by atoms with Crippen LogP contribution in [0.5, 0.6) is 0 Å². The summed E-state index contributed by atoms with van der Waals surface area (Å²) in [6, 6.07) is 5.06. The van der Waals surface area contributed by atoms with Crippen molar-refractivity contribution in [3.05, 3.63) is 59.0 Å². The highest BCUT2D eigenvalue weighted by atomic mass is 32.2. The van der Waals surface area contributed by atoms with Crippen molar-refractivity contribution in [3.8, 4) is 0 Å². The highest BCUT2D eigenvalue weighted by molar-refractivity contribution is 7.92. The molecule has 1 aromatic heterocycles. The van der Waals surface area contributed by atoms with E-state index in [-0.39, 0.29) is 17.5 Å². The van der Waals surface area contributed by atoms with E-state index < -0.39 is 39.7 Å². The van der Waals surface area contributed by atoms with E-state index in [1.807, 2.05) is 11.6 Å². The van der Waals surface area contributed by atoms with Crippen molar-refractivity contribution in [1.29, 1.82) is 0 Å². The maximum atomic E-state index is 14.2. The van der Waals surface area contributed by atoms with Gasteiger partial charge in [0.1, 0.15) is 17.3 Å². The zero-order valence-electron chi connectivity index (χ0n) is 19.0. The molecule has 0 saturated carbocycles. The Labute approximate surface area is 195 Å². The molecule has 1 amide bonds. The Morgan fingerprint density at radius 1 is 1.18 bits per heavy atom. The van der Waals surface area contributed by atoms with Crippen molar-refractivity contribution in [2.45, 2.75) is 45.5 Å². The molecule has 0 fully saturated rings. The number of aromatic nitrogens is 1. The number of hydrogen-bond donors (Lipinski definition) is 3. The third-order valence-electron chi connectivity index (χ3n) is 4.77. The average Bonchev–Trinajstić information content (AvgIpc) is 2.72. The number of amides is 1. The van der Waals surface area contributed by atoms with Crippen LogP contribution in [0.3, 0.4) is 0 Å². The van der Waals surface area contributed by atoms with Gasteiger partial charge in [0.15, 0.2) is 0 Å². The zero-order valence-corrected chi connectivity index (χ0v) is 19.8. The Hall–Kier alpha value is -3.15. The Bertz CT molecular complexity index is 1170. The van der Waals surface area contributed by atoms with Crippen molar-refractivity contribution in [1.82, 2.24) is 10.3 Å². The summed E-state index contributed by atoms with van der Waals surface area (Å²) in [6.07, 6.45) is -0.597. The van der Waals surface area contributed by atoms with E-state index in [0.29, 0.717) is 17.5 Å². The molecular weight excluding hydrogens is 476 g/mol. The second kappa shape index (κ2) is 10.9. The van der Waals surface area contributed by atoms with E-state index in [1.54, 1.807) is 13.8 Å². The van der Waals surface area contributed by atoms with Crippen LogP contribution in [-0.4, -0.2) is 31.6 Å². The molecule has 2 aromatic rings. The van der Waals surface area contributed by atoms with E-state index in [4.69, 9.17) is 0 Å². The number of carbonyl (C=O) groups is 1. The Kier molecular flexibility index (Phi) is 8.65. The van der Waals surface area contributed by atoms with Gasteiger partial charge in [0.25, 0.3) is 0 Å². The molecule has 2 atom stereocenters. The van der Waals surface area contributed by atoms with Gasteiger partial charge < -0.3 is 10.6 Å². The highest BCUT2D eigenvalue weighted by Crippen LogP contribution is 2.30. The summed E-state index contributed by atoms with van der Waals surface area (Å²) < 4.78 is 77.9. The van der Waals surface area contributed by atoms with E-state index in [2.05, 4.69) is 15.6 Å². The third-order valence-corrected chi connectivity index (χ3v) is 5.36. The Morgan fingerprint density at radius 3 is 2.41 bits per heavy atom. The molecule has 0 aliphatic rings. The number of hydrogen-bond acceptors (Lipinski definition) is 5. The van der Waals surface area contributed by atoms with Gasteiger partial charge in [-0.1, -0.05) is 13.0 Å². The molecule has 2 rings (SSSR count). The molecule has 3 N–H and O–H groups in total. The van der Waals surface area contributed by atoms with Crippen molar-refractivity contribution in [2.24, 2.45) is 0 Å². The minimum atomic E-state index is -4.61. The predicted molar refractivity (Wildman–Crippen MR) is 123 cm³/mol. The second-order valence-corrected chi connectivity index (χ2v) is 9.51. The van der Waals surface area contributed by atoms with E-state index in [1.165, 1.54) is 24.3 Å². The number of rotatable bonds is 9. The zero-order chi connectivity index (χ0) is 25.7. The number of carbonyl (C=O) groups excluding carboxylic acids is 1. The van der Waals surface area contributed by atoms with Crippen molar-refractivity contribution in [2.75, 3.05) is 16.3 Å². The number of anilines is 2. The molecule has 0 saturated heterocycles. The number of halogens is 4. The minimum Gasteiger partial charge on any atom is -0.367 e. The summed E-state index contributed by atoms with van der Waals surface area (Å²) in [5.41, 5.74) is -0.600. The summed E-state index contributed by atoms with van der Waals surface area (Å²) in [7, 11) is -3.65. The van der Waals surface area contributed by atoms with Crippen LogP contribution in [0.2, 0.25) is 0 Å². The predicted octanol–water partition coefficient (Wildman–Crippen LogP) is 4.71. The fraction of sp³-hybridized carbons (Fsp3) is 0.364. The van der Waals surface area contributed by atoms with Crippen molar-refractivity contribution in [3.63, 3.8) is 0 Å². The van der Waals surface area contributed by atoms with Crippen LogP contribution < -0.4 is 15.4 Å². The molecule has 34 heavy (non-hydrogen) atoms. The molecule has 0 radical (unpaired) electrons. The monoisotopic (exact) mass is 502 g/mol. The number of alkyl halides is 3. The summed E-state index contributed by atoms with van der Waals surface area (Å²) in [5, 5.41) is 5.52. The van der Waals surface area contributed by atoms with Crippen molar-refractivity contribution < 1.29 is 30.8 Å².